The van der Waals surface area contributed by atoms with Crippen LogP contribution in [0.4, 0.5) is 21.0 Å². The van der Waals surface area contributed by atoms with Crippen LogP contribution in [-0.4, -0.2) is 46.1 Å². The molecule has 2 rings (SSSR count). The smallest absolute Gasteiger partial charge is 0.433 e. The second kappa shape index (κ2) is 12.2. The number of non-ortho nitro benzene ring substituents is 1. The fourth-order valence-electron chi connectivity index (χ4n) is 2.34. The van der Waals surface area contributed by atoms with Crippen molar-refractivity contribution in [3.8, 4) is 11.5 Å². The number of pyridine rings is 1. The summed E-state index contributed by atoms with van der Waals surface area (Å²) in [5.41, 5.74) is 2.82. The lowest BCUT2D eigenvalue weighted by molar-refractivity contribution is -0.384. The third kappa shape index (κ3) is 7.96. The van der Waals surface area contributed by atoms with Gasteiger partial charge in [-0.05, 0) is 31.7 Å². The van der Waals surface area contributed by atoms with E-state index in [9.17, 15) is 19.7 Å². The second-order valence-electron chi connectivity index (χ2n) is 6.46. The molecule has 2 amide bonds. The average Bonchev–Trinajstić information content (AvgIpc) is 2.76. The van der Waals surface area contributed by atoms with Crippen molar-refractivity contribution in [2.24, 2.45) is 5.10 Å². The number of anilines is 1. The molecule has 33 heavy (non-hydrogen) atoms. The standard InChI is InChI=1S/C20H23N5O7S/c1-5-33-18(23-24-20(27)32-15-8-6-14(7-9-15)25(28)29)17-16(30-4)10-13(11-21-17)22-19(26)31-12(2)3/h6-12H,5H2,1-4H3,(H,22,26)(H,24,27)/b23-18-. The van der Waals surface area contributed by atoms with Crippen LogP contribution in [0, 0.1) is 10.1 Å². The van der Waals surface area contributed by atoms with Crippen molar-refractivity contribution in [1.29, 1.82) is 0 Å². The van der Waals surface area contributed by atoms with Gasteiger partial charge in [0, 0.05) is 18.2 Å². The molecule has 2 aromatic rings. The molecular formula is C20H23N5O7S. The average molecular weight is 477 g/mol. The number of hydrogen-bond donors (Lipinski definition) is 2. The van der Waals surface area contributed by atoms with Crippen LogP contribution in [0.25, 0.3) is 0 Å². The van der Waals surface area contributed by atoms with Crippen LogP contribution in [0.15, 0.2) is 41.6 Å². The number of hydrogen-bond acceptors (Lipinski definition) is 10. The zero-order chi connectivity index (χ0) is 24.4. The Bertz CT molecular complexity index is 1030. The summed E-state index contributed by atoms with van der Waals surface area (Å²) < 4.78 is 15.5. The Balaban J connectivity index is 2.14. The fraction of sp³-hybridized carbons (Fsp3) is 0.300. The van der Waals surface area contributed by atoms with Crippen LogP contribution >= 0.6 is 11.8 Å². The number of benzene rings is 1. The minimum Gasteiger partial charge on any atom is -0.494 e. The number of carbonyl (C=O) groups is 2. The predicted molar refractivity (Wildman–Crippen MR) is 123 cm³/mol. The molecule has 1 aromatic heterocycles. The number of hydrazone groups is 1. The molecule has 0 saturated heterocycles. The summed E-state index contributed by atoms with van der Waals surface area (Å²) in [5, 5.41) is 17.6. The van der Waals surface area contributed by atoms with Crippen LogP contribution in [0.1, 0.15) is 26.5 Å². The van der Waals surface area contributed by atoms with Crippen molar-refractivity contribution < 1.29 is 28.7 Å². The predicted octanol–water partition coefficient (Wildman–Crippen LogP) is 4.16. The molecule has 0 atom stereocenters. The lowest BCUT2D eigenvalue weighted by Gasteiger charge is -2.13. The molecule has 0 radical (unpaired) electrons. The quantitative estimate of drug-likeness (QED) is 0.247. The number of nitrogens with one attached hydrogen (secondary N) is 2. The summed E-state index contributed by atoms with van der Waals surface area (Å²) in [7, 11) is 1.43. The van der Waals surface area contributed by atoms with E-state index in [-0.39, 0.29) is 17.5 Å². The summed E-state index contributed by atoms with van der Waals surface area (Å²) in [5.74, 6) is 1.03. The van der Waals surface area contributed by atoms with Gasteiger partial charge in [0.25, 0.3) is 5.69 Å². The zero-order valence-electron chi connectivity index (χ0n) is 18.4. The number of carbonyl (C=O) groups excluding carboxylic acids is 2. The van der Waals surface area contributed by atoms with Gasteiger partial charge in [0.1, 0.15) is 22.2 Å². The first kappa shape index (κ1) is 25.4. The molecule has 2 N–H and O–H groups in total. The second-order valence-corrected chi connectivity index (χ2v) is 7.71. The summed E-state index contributed by atoms with van der Waals surface area (Å²) in [4.78, 5) is 38.3. The minimum absolute atomic E-state index is 0.109. The van der Waals surface area contributed by atoms with E-state index in [1.807, 2.05) is 6.92 Å². The van der Waals surface area contributed by atoms with Gasteiger partial charge in [-0.25, -0.2) is 20.0 Å². The van der Waals surface area contributed by atoms with E-state index >= 15 is 0 Å². The SMILES string of the molecule is CCS/C(=N\NC(=O)Oc1ccc([N+](=O)[O-])cc1)c1ncc(NC(=O)OC(C)C)cc1OC. The summed E-state index contributed by atoms with van der Waals surface area (Å²) in [6.07, 6.45) is -0.406. The molecule has 0 aliphatic carbocycles. The van der Waals surface area contributed by atoms with Gasteiger partial charge in [0.15, 0.2) is 0 Å². The van der Waals surface area contributed by atoms with Crippen LogP contribution in [0.3, 0.4) is 0 Å². The van der Waals surface area contributed by atoms with Crippen LogP contribution < -0.4 is 20.2 Å². The Morgan fingerprint density at radius 1 is 1.24 bits per heavy atom. The lowest BCUT2D eigenvalue weighted by Crippen LogP contribution is -2.23. The Kier molecular flexibility index (Phi) is 9.42. The molecule has 0 bridgehead atoms. The first-order chi connectivity index (χ1) is 15.7. The third-order valence-electron chi connectivity index (χ3n) is 3.65. The molecule has 1 aromatic carbocycles. The van der Waals surface area contributed by atoms with E-state index in [0.29, 0.717) is 27.9 Å². The van der Waals surface area contributed by atoms with Gasteiger partial charge < -0.3 is 14.2 Å². The highest BCUT2D eigenvalue weighted by Crippen LogP contribution is 2.25. The van der Waals surface area contributed by atoms with Crippen molar-refractivity contribution in [3.63, 3.8) is 0 Å². The van der Waals surface area contributed by atoms with Gasteiger partial charge in [-0.15, -0.1) is 11.8 Å². The number of nitro benzene ring substituents is 1. The Hall–Kier alpha value is -3.87. The maximum atomic E-state index is 12.1. The van der Waals surface area contributed by atoms with Crippen molar-refractivity contribution >= 4 is 40.4 Å². The molecule has 13 heteroatoms. The van der Waals surface area contributed by atoms with E-state index in [1.54, 1.807) is 19.9 Å². The molecule has 0 aliphatic rings. The highest BCUT2D eigenvalue weighted by atomic mass is 32.2. The largest absolute Gasteiger partial charge is 0.494 e. The van der Waals surface area contributed by atoms with Gasteiger partial charge in [0.05, 0.1) is 30.0 Å². The molecule has 176 valence electrons. The van der Waals surface area contributed by atoms with E-state index in [1.165, 1.54) is 49.3 Å². The van der Waals surface area contributed by atoms with Gasteiger partial charge in [-0.1, -0.05) is 6.92 Å². The molecule has 12 nitrogen and oxygen atoms in total. The van der Waals surface area contributed by atoms with Crippen LogP contribution in [-0.2, 0) is 4.74 Å². The topological polar surface area (TPSA) is 154 Å². The van der Waals surface area contributed by atoms with Crippen LogP contribution in [0.5, 0.6) is 11.5 Å². The number of rotatable bonds is 8. The monoisotopic (exact) mass is 477 g/mol. The van der Waals surface area contributed by atoms with E-state index in [0.717, 1.165) is 0 Å². The number of aromatic nitrogens is 1. The molecule has 0 saturated carbocycles. The first-order valence-corrected chi connectivity index (χ1v) is 10.7. The van der Waals surface area contributed by atoms with Crippen molar-refractivity contribution in [2.45, 2.75) is 26.9 Å². The maximum Gasteiger partial charge on any atom is 0.433 e. The normalized spacial score (nSPS) is 11.0. The van der Waals surface area contributed by atoms with Gasteiger partial charge >= 0.3 is 12.2 Å². The van der Waals surface area contributed by atoms with E-state index in [4.69, 9.17) is 14.2 Å². The Labute approximate surface area is 193 Å². The molecule has 0 unspecified atom stereocenters. The molecule has 0 aliphatic heterocycles. The van der Waals surface area contributed by atoms with Crippen molar-refractivity contribution in [2.75, 3.05) is 18.2 Å². The Morgan fingerprint density at radius 3 is 2.52 bits per heavy atom. The highest BCUT2D eigenvalue weighted by Gasteiger charge is 2.16. The van der Waals surface area contributed by atoms with E-state index in [2.05, 4.69) is 20.8 Å². The summed E-state index contributed by atoms with van der Waals surface area (Å²) >= 11 is 1.29. The van der Waals surface area contributed by atoms with Crippen molar-refractivity contribution in [3.05, 3.63) is 52.3 Å². The van der Waals surface area contributed by atoms with E-state index < -0.39 is 17.1 Å². The Morgan fingerprint density at radius 2 is 1.94 bits per heavy atom. The number of ether oxygens (including phenoxy) is 3. The first-order valence-electron chi connectivity index (χ1n) is 9.68. The number of amides is 2. The molecular weight excluding hydrogens is 454 g/mol. The molecule has 0 fully saturated rings. The molecule has 1 heterocycles. The fourth-order valence-corrected chi connectivity index (χ4v) is 3.02. The summed E-state index contributed by atoms with van der Waals surface area (Å²) in [6.45, 7) is 5.34. The minimum atomic E-state index is -0.897. The third-order valence-corrected chi connectivity index (χ3v) is 4.50. The van der Waals surface area contributed by atoms with Crippen LogP contribution in [0.2, 0.25) is 0 Å². The van der Waals surface area contributed by atoms with Crippen molar-refractivity contribution in [1.82, 2.24) is 10.4 Å². The van der Waals surface area contributed by atoms with Gasteiger partial charge in [0.2, 0.25) is 0 Å². The zero-order valence-corrected chi connectivity index (χ0v) is 19.2. The summed E-state index contributed by atoms with van der Waals surface area (Å²) in [6, 6.07) is 6.56. The molecule has 0 spiro atoms. The maximum absolute atomic E-state index is 12.1. The number of methoxy groups -OCH3 is 1. The number of nitro groups is 1. The van der Waals surface area contributed by atoms with Gasteiger partial charge in [-0.2, -0.15) is 5.10 Å². The number of thioether (sulfide) groups is 1. The van der Waals surface area contributed by atoms with Gasteiger partial charge in [-0.3, -0.25) is 15.4 Å². The highest BCUT2D eigenvalue weighted by molar-refractivity contribution is 8.14. The lowest BCUT2D eigenvalue weighted by atomic mass is 10.3. The number of nitrogens with zero attached hydrogens (tertiary/aromatic N) is 3.